The quantitative estimate of drug-likeness (QED) is 0.844. The molecule has 1 aliphatic heterocycles. The minimum Gasteiger partial charge on any atom is -0.307 e. The van der Waals surface area contributed by atoms with Gasteiger partial charge in [0.2, 0.25) is 0 Å². The lowest BCUT2D eigenvalue weighted by atomic mass is 9.84. The number of hydrogen-bond acceptors (Lipinski definition) is 4. The summed E-state index contributed by atoms with van der Waals surface area (Å²) >= 11 is 0. The maximum absolute atomic E-state index is 12.7. The standard InChI is InChI=1S/C21H27N3O3S/c1-15-13-20(24(23-15)19-11-12-28(26,27)14-19)22-21(25)18-9-7-17(8-10-18)16-5-3-2-4-6-16/h7-10,13,16,19H,2-6,11-12,14H2,1H3,(H,22,25). The van der Waals surface area contributed by atoms with Crippen LogP contribution in [0.3, 0.4) is 0 Å². The average molecular weight is 402 g/mol. The molecule has 1 amide bonds. The number of benzene rings is 1. The number of hydrogen-bond donors (Lipinski definition) is 1. The Morgan fingerprint density at radius 3 is 2.46 bits per heavy atom. The molecule has 4 rings (SSSR count). The van der Waals surface area contributed by atoms with Crippen LogP contribution in [0.15, 0.2) is 30.3 Å². The van der Waals surface area contributed by atoms with Crippen molar-refractivity contribution in [2.45, 2.75) is 57.4 Å². The number of nitrogens with zero attached hydrogens (tertiary/aromatic N) is 2. The number of carbonyl (C=O) groups excluding carboxylic acids is 1. The van der Waals surface area contributed by atoms with Gasteiger partial charge in [-0.05, 0) is 49.8 Å². The molecule has 1 unspecified atom stereocenters. The summed E-state index contributed by atoms with van der Waals surface area (Å²) in [6.45, 7) is 1.84. The van der Waals surface area contributed by atoms with E-state index in [1.54, 1.807) is 10.7 Å². The third-order valence-electron chi connectivity index (χ3n) is 5.90. The zero-order chi connectivity index (χ0) is 19.7. The lowest BCUT2D eigenvalue weighted by Crippen LogP contribution is -2.19. The van der Waals surface area contributed by atoms with Gasteiger partial charge in [-0.15, -0.1) is 0 Å². The van der Waals surface area contributed by atoms with Crippen LogP contribution in [0.4, 0.5) is 5.82 Å². The maximum atomic E-state index is 12.7. The first-order valence-electron chi connectivity index (χ1n) is 10.1. The van der Waals surface area contributed by atoms with E-state index in [-0.39, 0.29) is 23.5 Å². The fourth-order valence-electron chi connectivity index (χ4n) is 4.39. The Kier molecular flexibility index (Phi) is 5.27. The van der Waals surface area contributed by atoms with Gasteiger partial charge in [0.1, 0.15) is 5.82 Å². The Labute approximate surface area is 166 Å². The second kappa shape index (κ2) is 7.70. The van der Waals surface area contributed by atoms with E-state index in [0.29, 0.717) is 23.7 Å². The molecule has 2 aliphatic rings. The van der Waals surface area contributed by atoms with Crippen LogP contribution in [0.2, 0.25) is 0 Å². The number of rotatable bonds is 4. The Morgan fingerprint density at radius 2 is 1.82 bits per heavy atom. The van der Waals surface area contributed by atoms with Crippen molar-refractivity contribution in [1.82, 2.24) is 9.78 Å². The Balaban J connectivity index is 1.48. The van der Waals surface area contributed by atoms with E-state index in [9.17, 15) is 13.2 Å². The molecule has 6 nitrogen and oxygen atoms in total. The molecule has 2 aromatic rings. The van der Waals surface area contributed by atoms with Crippen molar-refractivity contribution >= 4 is 21.6 Å². The molecule has 1 N–H and O–H groups in total. The van der Waals surface area contributed by atoms with Crippen molar-refractivity contribution in [1.29, 1.82) is 0 Å². The predicted molar refractivity (Wildman–Crippen MR) is 109 cm³/mol. The van der Waals surface area contributed by atoms with E-state index in [1.807, 2.05) is 19.1 Å². The molecule has 0 radical (unpaired) electrons. The minimum atomic E-state index is -3.02. The van der Waals surface area contributed by atoms with Crippen molar-refractivity contribution in [2.24, 2.45) is 0 Å². The van der Waals surface area contributed by atoms with Gasteiger partial charge in [0, 0.05) is 11.6 Å². The van der Waals surface area contributed by atoms with Gasteiger partial charge >= 0.3 is 0 Å². The summed E-state index contributed by atoms with van der Waals surface area (Å²) in [6.07, 6.45) is 6.89. The normalized spacial score (nSPS) is 22.2. The summed E-state index contributed by atoms with van der Waals surface area (Å²) in [7, 11) is -3.02. The molecule has 1 aliphatic carbocycles. The van der Waals surface area contributed by atoms with Crippen LogP contribution in [-0.4, -0.2) is 35.6 Å². The van der Waals surface area contributed by atoms with Gasteiger partial charge in [-0.1, -0.05) is 31.4 Å². The number of carbonyl (C=O) groups is 1. The molecule has 0 spiro atoms. The highest BCUT2D eigenvalue weighted by molar-refractivity contribution is 7.91. The van der Waals surface area contributed by atoms with E-state index in [4.69, 9.17) is 0 Å². The summed E-state index contributed by atoms with van der Waals surface area (Å²) in [5.74, 6) is 1.22. The molecule has 150 valence electrons. The highest BCUT2D eigenvalue weighted by Crippen LogP contribution is 2.32. The molecular formula is C21H27N3O3S. The minimum absolute atomic E-state index is 0.0765. The smallest absolute Gasteiger partial charge is 0.256 e. The molecule has 0 bridgehead atoms. The molecule has 7 heteroatoms. The molecule has 1 saturated carbocycles. The van der Waals surface area contributed by atoms with Gasteiger partial charge in [0.15, 0.2) is 9.84 Å². The summed E-state index contributed by atoms with van der Waals surface area (Å²) in [5, 5.41) is 7.34. The van der Waals surface area contributed by atoms with Crippen molar-refractivity contribution in [3.05, 3.63) is 47.2 Å². The second-order valence-corrected chi connectivity index (χ2v) is 10.3. The molecule has 2 fully saturated rings. The van der Waals surface area contributed by atoms with E-state index in [2.05, 4.69) is 22.5 Å². The Bertz CT molecular complexity index is 957. The highest BCUT2D eigenvalue weighted by atomic mass is 32.2. The van der Waals surface area contributed by atoms with Crippen molar-refractivity contribution in [2.75, 3.05) is 16.8 Å². The fourth-order valence-corrected chi connectivity index (χ4v) is 6.08. The zero-order valence-electron chi connectivity index (χ0n) is 16.2. The SMILES string of the molecule is Cc1cc(NC(=O)c2ccc(C3CCCCC3)cc2)n(C2CCS(=O)(=O)C2)n1. The Morgan fingerprint density at radius 1 is 1.11 bits per heavy atom. The van der Waals surface area contributed by atoms with Gasteiger partial charge in [-0.25, -0.2) is 13.1 Å². The molecule has 1 aromatic carbocycles. The van der Waals surface area contributed by atoms with Gasteiger partial charge in [-0.3, -0.25) is 4.79 Å². The predicted octanol–water partition coefficient (Wildman–Crippen LogP) is 3.85. The number of aryl methyl sites for hydroxylation is 1. The topological polar surface area (TPSA) is 81.1 Å². The molecule has 1 saturated heterocycles. The Hall–Kier alpha value is -2.15. The number of sulfone groups is 1. The van der Waals surface area contributed by atoms with Crippen LogP contribution in [0, 0.1) is 6.92 Å². The number of anilines is 1. The van der Waals surface area contributed by atoms with Crippen LogP contribution in [0.25, 0.3) is 0 Å². The largest absolute Gasteiger partial charge is 0.307 e. The summed E-state index contributed by atoms with van der Waals surface area (Å²) < 4.78 is 25.3. The molecule has 1 atom stereocenters. The third-order valence-corrected chi connectivity index (χ3v) is 7.65. The van der Waals surface area contributed by atoms with E-state index < -0.39 is 9.84 Å². The number of amides is 1. The van der Waals surface area contributed by atoms with Crippen LogP contribution in [0.5, 0.6) is 0 Å². The van der Waals surface area contributed by atoms with Crippen LogP contribution in [0.1, 0.15) is 72.1 Å². The lowest BCUT2D eigenvalue weighted by Gasteiger charge is -2.22. The van der Waals surface area contributed by atoms with Gasteiger partial charge in [-0.2, -0.15) is 5.10 Å². The third kappa shape index (κ3) is 4.14. The van der Waals surface area contributed by atoms with Gasteiger partial charge in [0.05, 0.1) is 23.2 Å². The van der Waals surface area contributed by atoms with E-state index in [1.165, 1.54) is 37.7 Å². The van der Waals surface area contributed by atoms with E-state index in [0.717, 1.165) is 5.69 Å². The second-order valence-electron chi connectivity index (χ2n) is 8.08. The number of nitrogens with one attached hydrogen (secondary N) is 1. The van der Waals surface area contributed by atoms with Crippen LogP contribution < -0.4 is 5.32 Å². The zero-order valence-corrected chi connectivity index (χ0v) is 17.0. The van der Waals surface area contributed by atoms with Gasteiger partial charge < -0.3 is 5.32 Å². The summed E-state index contributed by atoms with van der Waals surface area (Å²) in [4.78, 5) is 12.7. The maximum Gasteiger partial charge on any atom is 0.256 e. The van der Waals surface area contributed by atoms with E-state index >= 15 is 0 Å². The average Bonchev–Trinajstić information content (AvgIpc) is 3.24. The number of aromatic nitrogens is 2. The van der Waals surface area contributed by atoms with Crippen LogP contribution >= 0.6 is 0 Å². The van der Waals surface area contributed by atoms with Crippen molar-refractivity contribution < 1.29 is 13.2 Å². The van der Waals surface area contributed by atoms with Crippen molar-refractivity contribution in [3.63, 3.8) is 0 Å². The van der Waals surface area contributed by atoms with Gasteiger partial charge in [0.25, 0.3) is 5.91 Å². The summed E-state index contributed by atoms with van der Waals surface area (Å²) in [6, 6.07) is 9.47. The monoisotopic (exact) mass is 401 g/mol. The first kappa shape index (κ1) is 19.2. The lowest BCUT2D eigenvalue weighted by molar-refractivity contribution is 0.102. The highest BCUT2D eigenvalue weighted by Gasteiger charge is 2.31. The molecular weight excluding hydrogens is 374 g/mol. The fraction of sp³-hybridized carbons (Fsp3) is 0.524. The van der Waals surface area contributed by atoms with Crippen molar-refractivity contribution in [3.8, 4) is 0 Å². The first-order valence-corrected chi connectivity index (χ1v) is 11.9. The molecule has 1 aromatic heterocycles. The van der Waals surface area contributed by atoms with Crippen LogP contribution in [-0.2, 0) is 9.84 Å². The molecule has 28 heavy (non-hydrogen) atoms. The summed E-state index contributed by atoms with van der Waals surface area (Å²) in [5.41, 5.74) is 2.67. The molecule has 2 heterocycles. The first-order chi connectivity index (χ1) is 13.4.